The third-order valence-electron chi connectivity index (χ3n) is 6.35. The molecule has 0 heterocycles. The van der Waals surface area contributed by atoms with Crippen LogP contribution in [0.25, 0.3) is 0 Å². The van der Waals surface area contributed by atoms with Crippen molar-refractivity contribution in [2.75, 3.05) is 0 Å². The van der Waals surface area contributed by atoms with E-state index in [1.165, 1.54) is 64.2 Å². The van der Waals surface area contributed by atoms with Crippen molar-refractivity contribution in [2.24, 2.45) is 17.8 Å². The molecule has 0 amide bonds. The highest BCUT2D eigenvalue weighted by atomic mass is 14.4. The van der Waals surface area contributed by atoms with Crippen LogP contribution in [0.4, 0.5) is 0 Å². The number of hydrogen-bond donors (Lipinski definition) is 0. The molecule has 112 valence electrons. The second kappa shape index (κ2) is 7.14. The summed E-state index contributed by atoms with van der Waals surface area (Å²) in [5.41, 5.74) is 0. The molecule has 0 aromatic carbocycles. The first kappa shape index (κ1) is 14.7. The van der Waals surface area contributed by atoms with Gasteiger partial charge in [-0.05, 0) is 87.9 Å². The monoisotopic (exact) mass is 272 g/mol. The van der Waals surface area contributed by atoms with Crippen LogP contribution in [0.2, 0.25) is 0 Å². The van der Waals surface area contributed by atoms with Gasteiger partial charge in [-0.2, -0.15) is 0 Å². The Morgan fingerprint density at radius 2 is 1.35 bits per heavy atom. The zero-order valence-electron chi connectivity index (χ0n) is 13.4. The summed E-state index contributed by atoms with van der Waals surface area (Å²) in [4.78, 5) is 0. The fourth-order valence-electron chi connectivity index (χ4n) is 5.12. The number of hydrogen-bond acceptors (Lipinski definition) is 0. The van der Waals surface area contributed by atoms with E-state index < -0.39 is 0 Å². The van der Waals surface area contributed by atoms with Gasteiger partial charge in [-0.15, -0.1) is 0 Å². The third kappa shape index (κ3) is 3.49. The van der Waals surface area contributed by atoms with E-state index in [4.69, 9.17) is 0 Å². The molecule has 3 fully saturated rings. The lowest BCUT2D eigenvalue weighted by molar-refractivity contribution is 0.233. The van der Waals surface area contributed by atoms with Gasteiger partial charge in [0.2, 0.25) is 0 Å². The number of allylic oxidation sites excluding steroid dienone is 2. The van der Waals surface area contributed by atoms with Crippen LogP contribution in [0.15, 0.2) is 12.2 Å². The van der Waals surface area contributed by atoms with Gasteiger partial charge in [0.25, 0.3) is 0 Å². The summed E-state index contributed by atoms with van der Waals surface area (Å²) in [6.45, 7) is 2.15. The van der Waals surface area contributed by atoms with Crippen LogP contribution in [0.3, 0.4) is 0 Å². The van der Waals surface area contributed by atoms with Gasteiger partial charge in [-0.3, -0.25) is 0 Å². The van der Waals surface area contributed by atoms with E-state index in [9.17, 15) is 0 Å². The second-order valence-electron chi connectivity index (χ2n) is 7.47. The molecule has 0 saturated heterocycles. The van der Waals surface area contributed by atoms with Gasteiger partial charge < -0.3 is 0 Å². The maximum absolute atomic E-state index is 2.36. The van der Waals surface area contributed by atoms with Crippen LogP contribution in [-0.4, -0.2) is 0 Å². The van der Waals surface area contributed by atoms with Crippen molar-refractivity contribution in [1.82, 2.24) is 0 Å². The Hall–Kier alpha value is -0.260. The van der Waals surface area contributed by atoms with Crippen LogP contribution in [0, 0.1) is 29.6 Å². The van der Waals surface area contributed by atoms with E-state index in [1.807, 2.05) is 5.92 Å². The predicted octanol–water partition coefficient (Wildman–Crippen LogP) is 6.28. The van der Waals surface area contributed by atoms with E-state index >= 15 is 0 Å². The van der Waals surface area contributed by atoms with Crippen LogP contribution >= 0.6 is 0 Å². The summed E-state index contributed by atoms with van der Waals surface area (Å²) in [5, 5.41) is 0. The van der Waals surface area contributed by atoms with Crippen LogP contribution in [-0.2, 0) is 0 Å². The molecule has 0 aromatic heterocycles. The largest absolute Gasteiger partial charge is 0.0911 e. The Morgan fingerprint density at radius 1 is 0.750 bits per heavy atom. The summed E-state index contributed by atoms with van der Waals surface area (Å²) < 4.78 is 0. The van der Waals surface area contributed by atoms with E-state index in [0.717, 1.165) is 17.8 Å². The minimum absolute atomic E-state index is 0.980. The predicted molar refractivity (Wildman–Crippen MR) is 87.2 cm³/mol. The average Bonchev–Trinajstić information content (AvgIpc) is 3.03. The molecule has 0 nitrogen and oxygen atoms in total. The Bertz CT molecular complexity index is 294. The summed E-state index contributed by atoms with van der Waals surface area (Å²) in [6.07, 6.45) is 22.3. The minimum Gasteiger partial charge on any atom is -0.0911 e. The molecular formula is C20H32. The molecule has 0 atom stereocenters. The maximum Gasteiger partial charge on any atom is -0.00272 e. The van der Waals surface area contributed by atoms with Crippen molar-refractivity contribution >= 4 is 0 Å². The van der Waals surface area contributed by atoms with Gasteiger partial charge in [0.15, 0.2) is 0 Å². The Kier molecular flexibility index (Phi) is 5.24. The molecule has 20 heavy (non-hydrogen) atoms. The third-order valence-corrected chi connectivity index (χ3v) is 6.35. The van der Waals surface area contributed by atoms with Crippen LogP contribution < -0.4 is 0 Å². The molecule has 3 saturated carbocycles. The summed E-state index contributed by atoms with van der Waals surface area (Å²) >= 11 is 0. The van der Waals surface area contributed by atoms with Crippen molar-refractivity contribution in [3.05, 3.63) is 24.0 Å². The van der Waals surface area contributed by atoms with Gasteiger partial charge in [-0.1, -0.05) is 37.8 Å². The lowest BCUT2D eigenvalue weighted by Gasteiger charge is -2.38. The van der Waals surface area contributed by atoms with Gasteiger partial charge in [0.1, 0.15) is 0 Å². The Morgan fingerprint density at radius 3 is 1.95 bits per heavy atom. The Balaban J connectivity index is 1.42. The summed E-state index contributed by atoms with van der Waals surface area (Å²) in [7, 11) is 0. The fraction of sp³-hybridized carbons (Fsp3) is 0.800. The van der Waals surface area contributed by atoms with Gasteiger partial charge in [0, 0.05) is 0 Å². The molecule has 0 unspecified atom stereocenters. The van der Waals surface area contributed by atoms with Gasteiger partial charge in [0.05, 0.1) is 0 Å². The lowest BCUT2D eigenvalue weighted by Crippen LogP contribution is -2.25. The summed E-state index contributed by atoms with van der Waals surface area (Å²) in [5.74, 6) is 6.84. The Labute approximate surface area is 126 Å². The molecule has 3 rings (SSSR count). The molecule has 2 radical (unpaired) electrons. The normalized spacial score (nSPS) is 29.6. The maximum atomic E-state index is 2.36. The topological polar surface area (TPSA) is 0 Å². The quantitative estimate of drug-likeness (QED) is 0.567. The standard InChI is InChI=1S/C20H32/c1-2-5-16-8-10-18(11-9-16)20-14-12-19(13-15-20)17-6-3-4-7-17/h2,5,17-19H,3-4,6-15H2,1H3/b5-2+. The molecule has 3 aliphatic carbocycles. The fourth-order valence-corrected chi connectivity index (χ4v) is 5.12. The van der Waals surface area contributed by atoms with Gasteiger partial charge in [-0.25, -0.2) is 0 Å². The van der Waals surface area contributed by atoms with Crippen molar-refractivity contribution in [2.45, 2.75) is 84.0 Å². The molecular weight excluding hydrogens is 240 g/mol. The molecule has 0 spiro atoms. The zero-order chi connectivity index (χ0) is 13.8. The molecule has 0 aromatic rings. The van der Waals surface area contributed by atoms with Crippen molar-refractivity contribution in [1.29, 1.82) is 0 Å². The first-order valence-electron chi connectivity index (χ1n) is 9.19. The van der Waals surface area contributed by atoms with Gasteiger partial charge >= 0.3 is 0 Å². The van der Waals surface area contributed by atoms with E-state index in [1.54, 1.807) is 18.8 Å². The lowest BCUT2D eigenvalue weighted by atomic mass is 9.67. The van der Waals surface area contributed by atoms with Crippen LogP contribution in [0.1, 0.15) is 84.0 Å². The molecule has 0 bridgehead atoms. The smallest absolute Gasteiger partial charge is 0.00272 e. The molecule has 0 aliphatic heterocycles. The zero-order valence-corrected chi connectivity index (χ0v) is 13.4. The SMILES string of the molecule is C/C=C/[C]1CCC([C]2CCC(C3CCCC3)CC2)CC1. The first-order chi connectivity index (χ1) is 9.86. The van der Waals surface area contributed by atoms with Crippen LogP contribution in [0.5, 0.6) is 0 Å². The summed E-state index contributed by atoms with van der Waals surface area (Å²) in [6, 6.07) is 0. The second-order valence-corrected chi connectivity index (χ2v) is 7.47. The minimum atomic E-state index is 0.980. The van der Waals surface area contributed by atoms with Crippen molar-refractivity contribution < 1.29 is 0 Å². The highest BCUT2D eigenvalue weighted by Crippen LogP contribution is 2.47. The van der Waals surface area contributed by atoms with Crippen molar-refractivity contribution in [3.8, 4) is 0 Å². The highest BCUT2D eigenvalue weighted by Gasteiger charge is 2.33. The first-order valence-corrected chi connectivity index (χ1v) is 9.19. The molecule has 3 aliphatic rings. The molecule has 0 N–H and O–H groups in total. The average molecular weight is 272 g/mol. The van der Waals surface area contributed by atoms with E-state index in [2.05, 4.69) is 19.1 Å². The number of rotatable bonds is 3. The molecule has 0 heteroatoms. The van der Waals surface area contributed by atoms with Crippen molar-refractivity contribution in [3.63, 3.8) is 0 Å². The van der Waals surface area contributed by atoms with E-state index in [0.29, 0.717) is 0 Å². The highest BCUT2D eigenvalue weighted by molar-refractivity contribution is 5.14. The van der Waals surface area contributed by atoms with E-state index in [-0.39, 0.29) is 0 Å².